The van der Waals surface area contributed by atoms with E-state index in [1.165, 1.54) is 6.08 Å². The molecule has 1 heterocycles. The lowest BCUT2D eigenvalue weighted by molar-refractivity contribution is -0.122. The summed E-state index contributed by atoms with van der Waals surface area (Å²) < 4.78 is 11.3. The first-order valence-corrected chi connectivity index (χ1v) is 13.1. The van der Waals surface area contributed by atoms with E-state index in [0.29, 0.717) is 29.4 Å². The summed E-state index contributed by atoms with van der Waals surface area (Å²) in [6.07, 6.45) is 1.39. The fraction of sp³-hybridized carbons (Fsp3) is 0.0909. The topological polar surface area (TPSA) is 114 Å². The number of anilines is 2. The number of rotatable bonds is 9. The summed E-state index contributed by atoms with van der Waals surface area (Å²) in [6, 6.07) is 29.2. The van der Waals surface area contributed by atoms with Crippen LogP contribution in [0, 0.1) is 6.92 Å². The van der Waals surface area contributed by atoms with E-state index < -0.39 is 17.8 Å². The first kappa shape index (κ1) is 27.9. The van der Waals surface area contributed by atoms with Crippen LogP contribution in [0.4, 0.5) is 16.2 Å². The predicted molar refractivity (Wildman–Crippen MR) is 158 cm³/mol. The Bertz CT molecular complexity index is 1650. The van der Waals surface area contributed by atoms with Crippen molar-refractivity contribution in [2.45, 2.75) is 13.5 Å². The molecule has 1 fully saturated rings. The van der Waals surface area contributed by atoms with Gasteiger partial charge in [0.25, 0.3) is 17.7 Å². The Morgan fingerprint density at radius 1 is 0.833 bits per heavy atom. The summed E-state index contributed by atoms with van der Waals surface area (Å²) in [6.45, 7) is 2.11. The van der Waals surface area contributed by atoms with E-state index in [1.54, 1.807) is 54.6 Å². The van der Waals surface area contributed by atoms with Crippen molar-refractivity contribution in [1.82, 2.24) is 5.32 Å². The molecule has 0 spiro atoms. The lowest BCUT2D eigenvalue weighted by Crippen LogP contribution is -2.54. The maximum absolute atomic E-state index is 13.2. The second-order valence-electron chi connectivity index (χ2n) is 9.50. The molecule has 0 saturated carbocycles. The first-order chi connectivity index (χ1) is 20.4. The van der Waals surface area contributed by atoms with Crippen LogP contribution in [-0.4, -0.2) is 30.4 Å². The van der Waals surface area contributed by atoms with Gasteiger partial charge in [-0.1, -0.05) is 54.6 Å². The van der Waals surface area contributed by atoms with Crippen LogP contribution in [0.5, 0.6) is 11.5 Å². The number of nitrogens with one attached hydrogen (secondary N) is 2. The third kappa shape index (κ3) is 6.89. The van der Waals surface area contributed by atoms with E-state index in [4.69, 9.17) is 9.47 Å². The molecule has 0 radical (unpaired) electrons. The molecular weight excluding hydrogens is 534 g/mol. The highest BCUT2D eigenvalue weighted by atomic mass is 16.5. The Kier molecular flexibility index (Phi) is 8.39. The molecule has 5 rings (SSSR count). The molecule has 0 unspecified atom stereocenters. The molecule has 4 aromatic carbocycles. The smallest absolute Gasteiger partial charge is 0.335 e. The molecule has 0 atom stereocenters. The second kappa shape index (κ2) is 12.6. The summed E-state index contributed by atoms with van der Waals surface area (Å²) in [4.78, 5) is 51.5. The van der Waals surface area contributed by atoms with Crippen LogP contribution in [0.3, 0.4) is 0 Å². The number of ether oxygens (including phenoxy) is 2. The molecule has 9 heteroatoms. The van der Waals surface area contributed by atoms with Crippen molar-refractivity contribution in [3.05, 3.63) is 125 Å². The largest absolute Gasteiger partial charge is 0.489 e. The highest BCUT2D eigenvalue weighted by Crippen LogP contribution is 2.25. The van der Waals surface area contributed by atoms with Crippen LogP contribution in [-0.2, 0) is 21.0 Å². The van der Waals surface area contributed by atoms with Crippen LogP contribution < -0.4 is 25.0 Å². The van der Waals surface area contributed by atoms with E-state index >= 15 is 0 Å². The zero-order valence-corrected chi connectivity index (χ0v) is 22.7. The van der Waals surface area contributed by atoms with Gasteiger partial charge in [-0.15, -0.1) is 0 Å². The van der Waals surface area contributed by atoms with Gasteiger partial charge in [0.1, 0.15) is 23.7 Å². The highest BCUT2D eigenvalue weighted by molar-refractivity contribution is 6.39. The minimum absolute atomic E-state index is 0.192. The van der Waals surface area contributed by atoms with E-state index in [-0.39, 0.29) is 23.8 Å². The van der Waals surface area contributed by atoms with Gasteiger partial charge in [-0.2, -0.15) is 0 Å². The lowest BCUT2D eigenvalue weighted by atomic mass is 10.1. The fourth-order valence-corrected chi connectivity index (χ4v) is 4.22. The van der Waals surface area contributed by atoms with Gasteiger partial charge in [0, 0.05) is 5.69 Å². The molecule has 0 aliphatic carbocycles. The monoisotopic (exact) mass is 561 g/mol. The van der Waals surface area contributed by atoms with Crippen LogP contribution in [0.25, 0.3) is 6.08 Å². The lowest BCUT2D eigenvalue weighted by Gasteiger charge is -2.26. The third-order valence-corrected chi connectivity index (χ3v) is 6.31. The number of nitrogens with zero attached hydrogens (tertiary/aromatic N) is 1. The number of barbiturate groups is 1. The van der Waals surface area contributed by atoms with E-state index in [9.17, 15) is 19.2 Å². The van der Waals surface area contributed by atoms with Crippen molar-refractivity contribution < 1.29 is 28.7 Å². The van der Waals surface area contributed by atoms with E-state index in [1.807, 2.05) is 55.5 Å². The second-order valence-corrected chi connectivity index (χ2v) is 9.50. The van der Waals surface area contributed by atoms with Crippen molar-refractivity contribution in [3.8, 4) is 11.5 Å². The summed E-state index contributed by atoms with van der Waals surface area (Å²) in [5.74, 6) is -0.861. The maximum Gasteiger partial charge on any atom is 0.335 e. The van der Waals surface area contributed by atoms with Crippen LogP contribution in [0.1, 0.15) is 16.7 Å². The normalized spacial score (nSPS) is 14.0. The van der Waals surface area contributed by atoms with Gasteiger partial charge in [0.15, 0.2) is 6.61 Å². The van der Waals surface area contributed by atoms with E-state index in [0.717, 1.165) is 16.0 Å². The molecule has 1 aliphatic rings. The Balaban J connectivity index is 1.22. The summed E-state index contributed by atoms with van der Waals surface area (Å²) in [5.41, 5.74) is 3.33. The average Bonchev–Trinajstić information content (AvgIpc) is 2.99. The Labute approximate surface area is 242 Å². The molecule has 210 valence electrons. The molecule has 9 nitrogen and oxygen atoms in total. The quantitative estimate of drug-likeness (QED) is 0.213. The fourth-order valence-electron chi connectivity index (χ4n) is 4.22. The van der Waals surface area contributed by atoms with Crippen LogP contribution in [0.2, 0.25) is 0 Å². The minimum atomic E-state index is -0.840. The van der Waals surface area contributed by atoms with Crippen LogP contribution >= 0.6 is 0 Å². The number of urea groups is 1. The van der Waals surface area contributed by atoms with Gasteiger partial charge >= 0.3 is 6.03 Å². The van der Waals surface area contributed by atoms with E-state index in [2.05, 4.69) is 10.6 Å². The van der Waals surface area contributed by atoms with Gasteiger partial charge in [-0.25, -0.2) is 9.69 Å². The Morgan fingerprint density at radius 3 is 2.24 bits per heavy atom. The number of aryl methyl sites for hydroxylation is 1. The highest BCUT2D eigenvalue weighted by Gasteiger charge is 2.36. The van der Waals surface area contributed by atoms with Crippen LogP contribution in [0.15, 0.2) is 109 Å². The van der Waals surface area contributed by atoms with Gasteiger partial charge < -0.3 is 14.8 Å². The standard InChI is InChI=1S/C33H27N3O6/c1-22-6-5-9-25(18-22)34-30(37)21-42-27-14-10-23(11-15-27)19-29-31(38)35-33(40)36(32(29)39)26-12-16-28(17-13-26)41-20-24-7-3-2-4-8-24/h2-19H,20-21H2,1H3,(H,34,37)(H,35,38,40)/b29-19+. The zero-order chi connectivity index (χ0) is 29.5. The number of hydrogen-bond acceptors (Lipinski definition) is 6. The molecular formula is C33H27N3O6. The van der Waals surface area contributed by atoms with Gasteiger partial charge in [0.2, 0.25) is 0 Å². The molecule has 0 bridgehead atoms. The van der Waals surface area contributed by atoms with Crippen molar-refractivity contribution in [3.63, 3.8) is 0 Å². The number of amides is 5. The van der Waals surface area contributed by atoms with Crippen molar-refractivity contribution >= 4 is 41.2 Å². The number of benzene rings is 4. The summed E-state index contributed by atoms with van der Waals surface area (Å²) >= 11 is 0. The first-order valence-electron chi connectivity index (χ1n) is 13.1. The average molecular weight is 562 g/mol. The number of carbonyl (C=O) groups is 4. The molecule has 5 amide bonds. The maximum atomic E-state index is 13.2. The van der Waals surface area contributed by atoms with Crippen molar-refractivity contribution in [2.24, 2.45) is 0 Å². The molecule has 1 aliphatic heterocycles. The Hall–Kier alpha value is -5.70. The van der Waals surface area contributed by atoms with Gasteiger partial charge in [-0.3, -0.25) is 19.7 Å². The number of carbonyl (C=O) groups excluding carboxylic acids is 4. The van der Waals surface area contributed by atoms with Crippen molar-refractivity contribution in [2.75, 3.05) is 16.8 Å². The number of hydrogen-bond donors (Lipinski definition) is 2. The molecule has 2 N–H and O–H groups in total. The molecule has 1 saturated heterocycles. The molecule has 42 heavy (non-hydrogen) atoms. The third-order valence-electron chi connectivity index (χ3n) is 6.31. The van der Waals surface area contributed by atoms with Gasteiger partial charge in [-0.05, 0) is 78.2 Å². The van der Waals surface area contributed by atoms with Crippen molar-refractivity contribution in [1.29, 1.82) is 0 Å². The zero-order valence-electron chi connectivity index (χ0n) is 22.7. The molecule has 0 aromatic heterocycles. The SMILES string of the molecule is Cc1cccc(NC(=O)COc2ccc(/C=C3\C(=O)NC(=O)N(c4ccc(OCc5ccccc5)cc4)C3=O)cc2)c1. The number of imide groups is 2. The predicted octanol–water partition coefficient (Wildman–Crippen LogP) is 5.26. The summed E-state index contributed by atoms with van der Waals surface area (Å²) in [5, 5.41) is 4.99. The minimum Gasteiger partial charge on any atom is -0.489 e. The Morgan fingerprint density at radius 2 is 1.52 bits per heavy atom. The molecule has 4 aromatic rings. The van der Waals surface area contributed by atoms with Gasteiger partial charge in [0.05, 0.1) is 5.69 Å². The summed E-state index contributed by atoms with van der Waals surface area (Å²) in [7, 11) is 0.